The van der Waals surface area contributed by atoms with Crippen LogP contribution in [0.3, 0.4) is 0 Å². The van der Waals surface area contributed by atoms with Crippen molar-refractivity contribution >= 4 is 19.9 Å². The Morgan fingerprint density at radius 2 is 1.66 bits per heavy atom. The quantitative estimate of drug-likeness (QED) is 0.590. The summed E-state index contributed by atoms with van der Waals surface area (Å²) in [5.41, 5.74) is -1.55. The number of sulfonamides is 1. The summed E-state index contributed by atoms with van der Waals surface area (Å²) >= 11 is 0. The smallest absolute Gasteiger partial charge is 0.416 e. The predicted molar refractivity (Wildman–Crippen MR) is 114 cm³/mol. The highest BCUT2D eigenvalue weighted by atomic mass is 32.2. The van der Waals surface area contributed by atoms with Gasteiger partial charge >= 0.3 is 6.18 Å². The lowest BCUT2D eigenvalue weighted by Gasteiger charge is -2.54. The van der Waals surface area contributed by atoms with E-state index in [1.54, 1.807) is 0 Å². The number of halogens is 5. The molecule has 190 valence electrons. The van der Waals surface area contributed by atoms with Crippen LogP contribution in [0.2, 0.25) is 0 Å². The Balaban J connectivity index is 1.72. The van der Waals surface area contributed by atoms with Gasteiger partial charge in [-0.3, -0.25) is 0 Å². The fourth-order valence-corrected chi connectivity index (χ4v) is 9.69. The van der Waals surface area contributed by atoms with Crippen LogP contribution < -0.4 is 9.46 Å². The van der Waals surface area contributed by atoms with Gasteiger partial charge in [-0.25, -0.2) is 30.3 Å². The lowest BCUT2D eigenvalue weighted by molar-refractivity contribution is -0.137. The molecule has 13 heteroatoms. The Hall–Kier alpha value is -2.25. The monoisotopic (exact) mass is 537 g/mol. The lowest BCUT2D eigenvalue weighted by atomic mass is 9.64. The van der Waals surface area contributed by atoms with E-state index in [1.165, 1.54) is 0 Å². The Morgan fingerprint density at radius 3 is 2.31 bits per heavy atom. The van der Waals surface area contributed by atoms with Gasteiger partial charge in [-0.1, -0.05) is 0 Å². The number of hydrogen-bond acceptors (Lipinski definition) is 5. The number of rotatable bonds is 2. The van der Waals surface area contributed by atoms with Crippen LogP contribution in [0.4, 0.5) is 22.0 Å². The molecule has 1 aliphatic carbocycles. The average molecular weight is 538 g/mol. The molecule has 2 aromatic carbocycles. The number of hydrogen-bond donors (Lipinski definition) is 1. The number of benzene rings is 2. The maximum Gasteiger partial charge on any atom is 0.416 e. The van der Waals surface area contributed by atoms with Gasteiger partial charge in [-0.05, 0) is 61.6 Å². The molecule has 1 saturated heterocycles. The Morgan fingerprint density at radius 1 is 1.00 bits per heavy atom. The van der Waals surface area contributed by atoms with E-state index in [0.717, 1.165) is 24.3 Å². The highest BCUT2D eigenvalue weighted by Crippen LogP contribution is 2.59. The summed E-state index contributed by atoms with van der Waals surface area (Å²) in [7, 11) is -8.18. The van der Waals surface area contributed by atoms with E-state index >= 15 is 4.39 Å². The van der Waals surface area contributed by atoms with Gasteiger partial charge in [-0.15, -0.1) is 0 Å². The molecular formula is C22H20F5NO5S2. The second-order valence-corrected chi connectivity index (χ2v) is 13.2. The van der Waals surface area contributed by atoms with Gasteiger partial charge in [0.25, 0.3) is 0 Å². The van der Waals surface area contributed by atoms with Crippen LogP contribution in [0.1, 0.15) is 30.4 Å². The van der Waals surface area contributed by atoms with Crippen LogP contribution in [-0.4, -0.2) is 35.2 Å². The Kier molecular flexibility index (Phi) is 5.50. The minimum absolute atomic E-state index is 0.00958. The van der Waals surface area contributed by atoms with Crippen molar-refractivity contribution in [2.75, 3.05) is 12.4 Å². The molecule has 0 unspecified atom stereocenters. The Bertz CT molecular complexity index is 1390. The maximum absolute atomic E-state index is 15.3. The summed E-state index contributed by atoms with van der Waals surface area (Å²) in [6.45, 7) is -0.323. The van der Waals surface area contributed by atoms with E-state index in [9.17, 15) is 34.4 Å². The van der Waals surface area contributed by atoms with Gasteiger partial charge in [0.05, 0.1) is 28.4 Å². The summed E-state index contributed by atoms with van der Waals surface area (Å²) < 4.78 is 128. The minimum atomic E-state index is -4.69. The molecule has 2 aliphatic heterocycles. The van der Waals surface area contributed by atoms with Gasteiger partial charge in [0.15, 0.2) is 21.4 Å². The molecule has 3 aliphatic rings. The number of alkyl halides is 3. The molecule has 0 spiro atoms. The highest BCUT2D eigenvalue weighted by Gasteiger charge is 2.63. The standard InChI is InChI=1S/C22H20F5NO5S2/c23-16-5-6-17(24)20-19(16)21(35(31,32)13-3-1-12(2-4-13)22(25,26)27)9-7-18-14(15(21)11-33-20)8-10-34(29,30)28-18/h1-6,14-15,18,28H,7-11H2/t14-,15-,18-,21-/m0/s1. The van der Waals surface area contributed by atoms with Crippen LogP contribution in [0.5, 0.6) is 5.75 Å². The van der Waals surface area contributed by atoms with E-state index < -0.39 is 82.1 Å². The van der Waals surface area contributed by atoms with Crippen molar-refractivity contribution in [3.05, 3.63) is 59.2 Å². The third kappa shape index (κ3) is 3.65. The van der Waals surface area contributed by atoms with Crippen LogP contribution in [0.25, 0.3) is 0 Å². The van der Waals surface area contributed by atoms with E-state index in [-0.39, 0.29) is 31.6 Å². The fraction of sp³-hybridized carbons (Fsp3) is 0.455. The van der Waals surface area contributed by atoms with E-state index in [1.807, 2.05) is 0 Å². The molecule has 1 saturated carbocycles. The third-order valence-corrected chi connectivity index (χ3v) is 11.4. The summed E-state index contributed by atoms with van der Waals surface area (Å²) in [4.78, 5) is -0.471. The second-order valence-electron chi connectivity index (χ2n) is 9.10. The van der Waals surface area contributed by atoms with E-state index in [4.69, 9.17) is 4.74 Å². The maximum atomic E-state index is 15.3. The van der Waals surface area contributed by atoms with Crippen LogP contribution >= 0.6 is 0 Å². The number of ether oxygens (including phenoxy) is 1. The highest BCUT2D eigenvalue weighted by molar-refractivity contribution is 7.92. The molecule has 0 amide bonds. The largest absolute Gasteiger partial charge is 0.490 e. The molecule has 5 rings (SSSR count). The zero-order chi connectivity index (χ0) is 25.4. The van der Waals surface area contributed by atoms with Crippen LogP contribution in [0, 0.1) is 23.5 Å². The second kappa shape index (κ2) is 7.87. The zero-order valence-electron chi connectivity index (χ0n) is 18.0. The molecule has 4 atom stereocenters. The molecule has 2 aromatic rings. The molecule has 2 fully saturated rings. The van der Waals surface area contributed by atoms with E-state index in [2.05, 4.69) is 4.72 Å². The van der Waals surface area contributed by atoms with Crippen molar-refractivity contribution in [3.63, 3.8) is 0 Å². The molecular weight excluding hydrogens is 517 g/mol. The first-order valence-corrected chi connectivity index (χ1v) is 13.9. The normalized spacial score (nSPS) is 29.9. The molecule has 0 aromatic heterocycles. The van der Waals surface area contributed by atoms with Crippen molar-refractivity contribution in [2.45, 2.75) is 41.1 Å². The SMILES string of the molecule is O=S1(=O)CC[C@@H]2[C@H](CC[C@@]3(S(=O)(=O)c4ccc(C(F)(F)F)cc4)c4c(F)ccc(F)c4OC[C@@H]23)N1. The first-order chi connectivity index (χ1) is 16.3. The van der Waals surface area contributed by atoms with Gasteiger partial charge < -0.3 is 4.74 Å². The average Bonchev–Trinajstić information content (AvgIpc) is 2.79. The number of sulfone groups is 1. The third-order valence-electron chi connectivity index (χ3n) is 7.37. The molecule has 0 bridgehead atoms. The fourth-order valence-electron chi connectivity index (χ4n) is 5.84. The summed E-state index contributed by atoms with van der Waals surface area (Å²) in [6.07, 6.45) is -4.89. The van der Waals surface area contributed by atoms with Crippen molar-refractivity contribution in [1.82, 2.24) is 4.72 Å². The Labute approximate surface area is 198 Å². The van der Waals surface area contributed by atoms with Crippen LogP contribution in [-0.2, 0) is 30.8 Å². The van der Waals surface area contributed by atoms with Crippen molar-refractivity contribution in [3.8, 4) is 5.75 Å². The predicted octanol–water partition coefficient (Wildman–Crippen LogP) is 3.76. The summed E-state index contributed by atoms with van der Waals surface area (Å²) in [5.74, 6) is -4.36. The van der Waals surface area contributed by atoms with Crippen LogP contribution in [0.15, 0.2) is 41.3 Å². The minimum Gasteiger partial charge on any atom is -0.490 e. The summed E-state index contributed by atoms with van der Waals surface area (Å²) in [5, 5.41) is 0. The zero-order valence-corrected chi connectivity index (χ0v) is 19.6. The van der Waals surface area contributed by atoms with Crippen molar-refractivity contribution in [2.24, 2.45) is 11.8 Å². The van der Waals surface area contributed by atoms with Crippen molar-refractivity contribution < 1.29 is 43.5 Å². The topological polar surface area (TPSA) is 89.5 Å². The molecule has 6 nitrogen and oxygen atoms in total. The first-order valence-electron chi connectivity index (χ1n) is 10.8. The molecule has 35 heavy (non-hydrogen) atoms. The molecule has 0 radical (unpaired) electrons. The summed E-state index contributed by atoms with van der Waals surface area (Å²) in [6, 6.07) is 3.85. The van der Waals surface area contributed by atoms with Gasteiger partial charge in [0.2, 0.25) is 10.0 Å². The van der Waals surface area contributed by atoms with Gasteiger partial charge in [0, 0.05) is 12.0 Å². The number of nitrogens with one attached hydrogen (secondary N) is 1. The van der Waals surface area contributed by atoms with Crippen molar-refractivity contribution in [1.29, 1.82) is 0 Å². The van der Waals surface area contributed by atoms with Gasteiger partial charge in [-0.2, -0.15) is 13.2 Å². The molecule has 1 N–H and O–H groups in total. The number of fused-ring (bicyclic) bond motifs is 5. The van der Waals surface area contributed by atoms with Gasteiger partial charge in [0.1, 0.15) is 10.6 Å². The molecule has 2 heterocycles. The lowest BCUT2D eigenvalue weighted by Crippen LogP contribution is -2.62. The van der Waals surface area contributed by atoms with E-state index in [0.29, 0.717) is 12.1 Å². The first kappa shape index (κ1) is 24.4.